The number of fused-ring (bicyclic) bond motifs is 1. The van der Waals surface area contributed by atoms with Crippen LogP contribution in [-0.2, 0) is 6.42 Å². The van der Waals surface area contributed by atoms with Crippen molar-refractivity contribution in [3.63, 3.8) is 0 Å². The van der Waals surface area contributed by atoms with Crippen LogP contribution in [0.4, 0.5) is 20.4 Å². The van der Waals surface area contributed by atoms with Gasteiger partial charge in [0.15, 0.2) is 11.6 Å². The van der Waals surface area contributed by atoms with E-state index >= 15 is 4.39 Å². The first kappa shape index (κ1) is 25.3. The summed E-state index contributed by atoms with van der Waals surface area (Å²) in [5.41, 5.74) is 2.63. The van der Waals surface area contributed by atoms with Crippen LogP contribution in [0.1, 0.15) is 25.0 Å². The number of amidine groups is 1. The topological polar surface area (TPSA) is 69.1 Å². The van der Waals surface area contributed by atoms with E-state index in [0.717, 1.165) is 56.5 Å². The first-order valence-electron chi connectivity index (χ1n) is 12.6. The normalized spacial score (nSPS) is 17.6. The molecule has 0 atom stereocenters. The molecular formula is C27H33F2N7O. The second-order valence-electron chi connectivity index (χ2n) is 10.2. The fraction of sp³-hybridized carbons (Fsp3) is 0.444. The van der Waals surface area contributed by atoms with E-state index in [2.05, 4.69) is 49.1 Å². The maximum absolute atomic E-state index is 15.3. The average Bonchev–Trinajstić information content (AvgIpc) is 3.46. The highest BCUT2D eigenvalue weighted by Gasteiger charge is 2.25. The molecule has 0 bridgehead atoms. The van der Waals surface area contributed by atoms with Crippen molar-refractivity contribution in [2.45, 2.75) is 20.3 Å². The summed E-state index contributed by atoms with van der Waals surface area (Å²) in [6, 6.07) is 2.88. The third kappa shape index (κ3) is 5.80. The van der Waals surface area contributed by atoms with Crippen molar-refractivity contribution in [3.05, 3.63) is 52.1 Å². The number of nitrogens with zero attached hydrogens (tertiary/aromatic N) is 6. The molecule has 1 fully saturated rings. The molecule has 0 radical (unpaired) electrons. The van der Waals surface area contributed by atoms with E-state index in [1.165, 1.54) is 0 Å². The van der Waals surface area contributed by atoms with Gasteiger partial charge in [0.05, 0.1) is 6.54 Å². The van der Waals surface area contributed by atoms with Crippen LogP contribution in [0.25, 0.3) is 6.08 Å². The van der Waals surface area contributed by atoms with Crippen molar-refractivity contribution >= 4 is 23.5 Å². The number of nitrogens with one attached hydrogen (secondary N) is 1. The molecule has 0 spiro atoms. The summed E-state index contributed by atoms with van der Waals surface area (Å²) in [5, 5.41) is 3.21. The molecule has 2 aliphatic heterocycles. The molecule has 0 saturated carbocycles. The fourth-order valence-electron chi connectivity index (χ4n) is 4.71. The number of rotatable bonds is 7. The van der Waals surface area contributed by atoms with Crippen molar-refractivity contribution < 1.29 is 13.5 Å². The number of aromatic nitrogens is 2. The number of anilines is 2. The van der Waals surface area contributed by atoms with E-state index in [-0.39, 0.29) is 17.3 Å². The average molecular weight is 510 g/mol. The standard InChI is InChI=1S/C27H33F2N7O/c1-17-11-19-20(12-17)26(29)22(14-21(19)28)37-27-32-24(31-23-13-18(2)16-30-23)15-25(33-27)36-9-7-35(8-10-36)6-5-34(3)4/h12-15H,5-11,16H2,1-4H3,(H,30,31,32,33). The molecule has 1 N–H and O–H groups in total. The third-order valence-electron chi connectivity index (χ3n) is 6.76. The minimum absolute atomic E-state index is 0.0497. The molecule has 3 heterocycles. The van der Waals surface area contributed by atoms with Gasteiger partial charge in [-0.2, -0.15) is 9.97 Å². The Morgan fingerprint density at radius 2 is 1.81 bits per heavy atom. The van der Waals surface area contributed by atoms with Gasteiger partial charge in [0.2, 0.25) is 0 Å². The molecule has 8 nitrogen and oxygen atoms in total. The summed E-state index contributed by atoms with van der Waals surface area (Å²) in [7, 11) is 4.15. The van der Waals surface area contributed by atoms with Crippen LogP contribution in [0.2, 0.25) is 0 Å². The highest BCUT2D eigenvalue weighted by molar-refractivity contribution is 6.05. The van der Waals surface area contributed by atoms with Crippen molar-refractivity contribution in [3.8, 4) is 11.8 Å². The number of allylic oxidation sites excluding steroid dienone is 1. The second-order valence-corrected chi connectivity index (χ2v) is 10.2. The lowest BCUT2D eigenvalue weighted by atomic mass is 10.1. The van der Waals surface area contributed by atoms with Crippen molar-refractivity contribution in [1.29, 1.82) is 0 Å². The number of hydrogen-bond donors (Lipinski definition) is 1. The fourth-order valence-corrected chi connectivity index (χ4v) is 4.71. The highest BCUT2D eigenvalue weighted by Crippen LogP contribution is 2.36. The Bertz CT molecular complexity index is 1280. The molecule has 1 aliphatic carbocycles. The number of halogens is 2. The second kappa shape index (κ2) is 10.5. The maximum atomic E-state index is 15.3. The molecule has 1 aromatic heterocycles. The monoisotopic (exact) mass is 509 g/mol. The van der Waals surface area contributed by atoms with E-state index in [9.17, 15) is 4.39 Å². The predicted octanol–water partition coefficient (Wildman–Crippen LogP) is 3.96. The molecule has 0 unspecified atom stereocenters. The van der Waals surface area contributed by atoms with Gasteiger partial charge < -0.3 is 19.9 Å². The van der Waals surface area contributed by atoms with Crippen LogP contribution in [0.5, 0.6) is 11.8 Å². The van der Waals surface area contributed by atoms with Gasteiger partial charge in [-0.05, 0) is 46.0 Å². The minimum Gasteiger partial charge on any atom is -0.421 e. The maximum Gasteiger partial charge on any atom is 0.326 e. The summed E-state index contributed by atoms with van der Waals surface area (Å²) in [5.74, 6) is 0.507. The quantitative estimate of drug-likeness (QED) is 0.606. The zero-order valence-corrected chi connectivity index (χ0v) is 21.8. The Balaban J connectivity index is 1.41. The Morgan fingerprint density at radius 1 is 1.03 bits per heavy atom. The summed E-state index contributed by atoms with van der Waals surface area (Å²) in [6.07, 6.45) is 4.01. The van der Waals surface area contributed by atoms with E-state index in [1.807, 2.05) is 26.0 Å². The summed E-state index contributed by atoms with van der Waals surface area (Å²) >= 11 is 0. The van der Waals surface area contributed by atoms with Gasteiger partial charge in [0, 0.05) is 62.5 Å². The number of benzene rings is 1. The Morgan fingerprint density at radius 3 is 2.51 bits per heavy atom. The van der Waals surface area contributed by atoms with Gasteiger partial charge in [-0.3, -0.25) is 9.89 Å². The zero-order valence-electron chi connectivity index (χ0n) is 21.8. The first-order valence-corrected chi connectivity index (χ1v) is 12.6. The molecule has 196 valence electrons. The van der Waals surface area contributed by atoms with Crippen LogP contribution < -0.4 is 15.0 Å². The van der Waals surface area contributed by atoms with E-state index in [1.54, 1.807) is 6.08 Å². The number of ether oxygens (including phenoxy) is 1. The van der Waals surface area contributed by atoms with Crippen LogP contribution in [0.15, 0.2) is 34.3 Å². The molecule has 0 amide bonds. The predicted molar refractivity (Wildman–Crippen MR) is 143 cm³/mol. The van der Waals surface area contributed by atoms with E-state index < -0.39 is 11.6 Å². The molecule has 10 heteroatoms. The Labute approximate surface area is 216 Å². The number of hydrogen-bond acceptors (Lipinski definition) is 8. The summed E-state index contributed by atoms with van der Waals surface area (Å²) in [4.78, 5) is 20.3. The van der Waals surface area contributed by atoms with Crippen LogP contribution >= 0.6 is 0 Å². The van der Waals surface area contributed by atoms with Gasteiger partial charge >= 0.3 is 6.01 Å². The largest absolute Gasteiger partial charge is 0.421 e. The lowest BCUT2D eigenvalue weighted by Crippen LogP contribution is -2.48. The molecule has 3 aliphatic rings. The first-order chi connectivity index (χ1) is 17.7. The SMILES string of the molecule is CC1=CC(Nc2cc(N3CCN(CCN(C)C)CC3)nc(Oc3cc(F)c4c(c3F)C=C(C)C4)n2)=NC1. The highest BCUT2D eigenvalue weighted by atomic mass is 19.1. The van der Waals surface area contributed by atoms with Gasteiger partial charge in [-0.25, -0.2) is 8.78 Å². The smallest absolute Gasteiger partial charge is 0.326 e. The Kier molecular flexibility index (Phi) is 7.21. The molecule has 5 rings (SSSR count). The summed E-state index contributed by atoms with van der Waals surface area (Å²) < 4.78 is 35.8. The van der Waals surface area contributed by atoms with Crippen LogP contribution in [0.3, 0.4) is 0 Å². The Hall–Kier alpha value is -3.37. The minimum atomic E-state index is -0.606. The lowest BCUT2D eigenvalue weighted by molar-refractivity contribution is 0.229. The number of aliphatic imine (C=N–C) groups is 1. The molecule has 2 aromatic rings. The van der Waals surface area contributed by atoms with Gasteiger partial charge in [0.25, 0.3) is 0 Å². The van der Waals surface area contributed by atoms with E-state index in [0.29, 0.717) is 36.0 Å². The van der Waals surface area contributed by atoms with Crippen molar-refractivity contribution in [2.24, 2.45) is 4.99 Å². The van der Waals surface area contributed by atoms with Gasteiger partial charge in [-0.15, -0.1) is 0 Å². The molecule has 1 aromatic carbocycles. The van der Waals surface area contributed by atoms with Gasteiger partial charge in [-0.1, -0.05) is 11.6 Å². The number of piperazine rings is 1. The molecule has 1 saturated heterocycles. The third-order valence-corrected chi connectivity index (χ3v) is 6.76. The molecular weight excluding hydrogens is 476 g/mol. The number of likely N-dealkylation sites (N-methyl/N-ethyl adjacent to an activating group) is 1. The van der Waals surface area contributed by atoms with E-state index in [4.69, 9.17) is 4.74 Å². The zero-order chi connectivity index (χ0) is 26.1. The van der Waals surface area contributed by atoms with Gasteiger partial charge in [0.1, 0.15) is 23.3 Å². The van der Waals surface area contributed by atoms with Crippen LogP contribution in [-0.4, -0.2) is 85.5 Å². The van der Waals surface area contributed by atoms with Crippen molar-refractivity contribution in [2.75, 3.05) is 70.1 Å². The van der Waals surface area contributed by atoms with Crippen LogP contribution in [0, 0.1) is 11.6 Å². The summed E-state index contributed by atoms with van der Waals surface area (Å²) in [6.45, 7) is 9.89. The van der Waals surface area contributed by atoms with Crippen molar-refractivity contribution in [1.82, 2.24) is 19.8 Å². The molecule has 37 heavy (non-hydrogen) atoms. The lowest BCUT2D eigenvalue weighted by Gasteiger charge is -2.35.